The van der Waals surface area contributed by atoms with Gasteiger partial charge in [-0.15, -0.1) is 0 Å². The van der Waals surface area contributed by atoms with Crippen molar-refractivity contribution < 1.29 is 18.8 Å². The Morgan fingerprint density at radius 2 is 1.83 bits per heavy atom. The fraction of sp³-hybridized carbons (Fsp3) is 0.296. The van der Waals surface area contributed by atoms with Crippen LogP contribution < -0.4 is 10.2 Å². The first-order valence-corrected chi connectivity index (χ1v) is 11.9. The second kappa shape index (κ2) is 11.5. The van der Waals surface area contributed by atoms with Gasteiger partial charge in [-0.25, -0.2) is 0 Å². The number of nitro groups is 1. The Morgan fingerprint density at radius 1 is 1.14 bits per heavy atom. The van der Waals surface area contributed by atoms with Crippen LogP contribution in [0, 0.1) is 24.0 Å². The quantitative estimate of drug-likeness (QED) is 0.215. The summed E-state index contributed by atoms with van der Waals surface area (Å²) in [4.78, 5) is 22.9. The lowest BCUT2D eigenvalue weighted by Crippen LogP contribution is -2.15. The third kappa shape index (κ3) is 6.68. The Kier molecular flexibility index (Phi) is 8.64. The second-order valence-corrected chi connectivity index (χ2v) is 9.41. The first kappa shape index (κ1) is 26.4. The molecule has 2 aromatic rings. The highest BCUT2D eigenvalue weighted by Gasteiger charge is 2.28. The Morgan fingerprint density at radius 3 is 2.46 bits per heavy atom. The van der Waals surface area contributed by atoms with E-state index in [1.165, 1.54) is 19.2 Å². The second-order valence-electron chi connectivity index (χ2n) is 8.50. The molecule has 1 fully saturated rings. The molecule has 7 nitrogen and oxygen atoms in total. The molecule has 1 aliphatic rings. The number of methoxy groups -OCH3 is 1. The highest BCUT2D eigenvalue weighted by Crippen LogP contribution is 2.36. The van der Waals surface area contributed by atoms with Crippen molar-refractivity contribution in [3.8, 4) is 5.95 Å². The standard InChI is InChI=1S/C27H28BrNO6/c1-16(11-20-6-8-23(9-7-20)29(31)32)10-17(2)12-22(28)13-21-14-24(34-15-21)26-18(3)25(30)19(4)27(33-5)35-26/h6-13,24H,14-15H2,1-5H3/b16-11+,17-10+,21-13+,22-12-/t24-/m1/s1. The maximum absolute atomic E-state index is 12.5. The minimum atomic E-state index is -0.409. The summed E-state index contributed by atoms with van der Waals surface area (Å²) in [5, 5.41) is 10.8. The van der Waals surface area contributed by atoms with Gasteiger partial charge in [-0.05, 0) is 68.7 Å². The highest BCUT2D eigenvalue weighted by molar-refractivity contribution is 9.11. The van der Waals surface area contributed by atoms with Crippen molar-refractivity contribution >= 4 is 27.7 Å². The van der Waals surface area contributed by atoms with Gasteiger partial charge < -0.3 is 13.9 Å². The molecule has 0 bridgehead atoms. The molecule has 1 aromatic heterocycles. The molecule has 0 radical (unpaired) electrons. The van der Waals surface area contributed by atoms with E-state index in [4.69, 9.17) is 13.9 Å². The number of nitrogens with zero attached hydrogens (tertiary/aromatic N) is 1. The molecule has 0 N–H and O–H groups in total. The third-order valence-electron chi connectivity index (χ3n) is 5.62. The van der Waals surface area contributed by atoms with Crippen LogP contribution in [0.5, 0.6) is 5.95 Å². The first-order valence-electron chi connectivity index (χ1n) is 11.1. The zero-order valence-electron chi connectivity index (χ0n) is 20.4. The summed E-state index contributed by atoms with van der Waals surface area (Å²) < 4.78 is 17.9. The predicted octanol–water partition coefficient (Wildman–Crippen LogP) is 6.89. The SMILES string of the molecule is COc1oc([C@H]2C\C(=C/C(Br)=C/C(C)=C/C(C)=C/c3ccc([N+](=O)[O-])cc3)CO2)c(C)c(=O)c1C. The van der Waals surface area contributed by atoms with Gasteiger partial charge in [0, 0.05) is 28.6 Å². The number of hydrogen-bond acceptors (Lipinski definition) is 6. The number of allylic oxidation sites excluding steroid dienone is 6. The van der Waals surface area contributed by atoms with Crippen molar-refractivity contribution in [2.45, 2.75) is 40.2 Å². The Hall–Kier alpha value is -3.23. The molecule has 1 atom stereocenters. The van der Waals surface area contributed by atoms with Gasteiger partial charge in [-0.1, -0.05) is 33.7 Å². The minimum absolute atomic E-state index is 0.0726. The highest BCUT2D eigenvalue weighted by atomic mass is 79.9. The molecule has 0 aliphatic carbocycles. The lowest BCUT2D eigenvalue weighted by molar-refractivity contribution is -0.384. The van der Waals surface area contributed by atoms with Crippen molar-refractivity contribution in [3.05, 3.63) is 106 Å². The molecule has 0 spiro atoms. The maximum atomic E-state index is 12.5. The molecule has 8 heteroatoms. The number of halogens is 1. The summed E-state index contributed by atoms with van der Waals surface area (Å²) in [6.45, 7) is 7.84. The number of ether oxygens (including phenoxy) is 2. The van der Waals surface area contributed by atoms with Gasteiger partial charge in [0.05, 0.1) is 24.2 Å². The zero-order chi connectivity index (χ0) is 25.7. The van der Waals surface area contributed by atoms with Gasteiger partial charge >= 0.3 is 0 Å². The van der Waals surface area contributed by atoms with E-state index in [1.54, 1.807) is 26.0 Å². The Balaban J connectivity index is 1.71. The van der Waals surface area contributed by atoms with Crippen LogP contribution in [0.15, 0.2) is 72.9 Å². The van der Waals surface area contributed by atoms with Gasteiger partial charge in [0.25, 0.3) is 11.6 Å². The summed E-state index contributed by atoms with van der Waals surface area (Å²) in [5.41, 5.74) is 4.99. The number of nitro benzene ring substituents is 1. The van der Waals surface area contributed by atoms with Gasteiger partial charge in [0.1, 0.15) is 11.9 Å². The van der Waals surface area contributed by atoms with Gasteiger partial charge in [0.15, 0.2) is 5.43 Å². The van der Waals surface area contributed by atoms with Crippen LogP contribution in [-0.4, -0.2) is 18.6 Å². The fourth-order valence-corrected chi connectivity index (χ4v) is 4.61. The fourth-order valence-electron chi connectivity index (χ4n) is 3.93. The molecule has 1 saturated heterocycles. The van der Waals surface area contributed by atoms with Crippen molar-refractivity contribution in [1.82, 2.24) is 0 Å². The van der Waals surface area contributed by atoms with E-state index in [0.717, 1.165) is 26.8 Å². The number of rotatable bonds is 7. The molecule has 2 heterocycles. The van der Waals surface area contributed by atoms with Crippen LogP contribution in [0.2, 0.25) is 0 Å². The van der Waals surface area contributed by atoms with Crippen LogP contribution in [0.25, 0.3) is 6.08 Å². The van der Waals surface area contributed by atoms with Crippen LogP contribution >= 0.6 is 15.9 Å². The molecule has 35 heavy (non-hydrogen) atoms. The Labute approximate surface area is 212 Å². The van der Waals surface area contributed by atoms with E-state index < -0.39 is 4.92 Å². The molecule has 3 rings (SSSR count). The van der Waals surface area contributed by atoms with Crippen molar-refractivity contribution in [1.29, 1.82) is 0 Å². The van der Waals surface area contributed by atoms with Crippen LogP contribution in [0.4, 0.5) is 5.69 Å². The summed E-state index contributed by atoms with van der Waals surface area (Å²) >= 11 is 3.61. The van der Waals surface area contributed by atoms with Crippen LogP contribution in [0.1, 0.15) is 48.8 Å². The van der Waals surface area contributed by atoms with E-state index in [0.29, 0.717) is 29.9 Å². The molecule has 184 valence electrons. The average Bonchev–Trinajstić information content (AvgIpc) is 3.25. The van der Waals surface area contributed by atoms with Crippen molar-refractivity contribution in [2.75, 3.05) is 13.7 Å². The predicted molar refractivity (Wildman–Crippen MR) is 140 cm³/mol. The molecule has 1 aliphatic heterocycles. The molecule has 0 amide bonds. The van der Waals surface area contributed by atoms with Crippen LogP contribution in [0.3, 0.4) is 0 Å². The van der Waals surface area contributed by atoms with Crippen LogP contribution in [-0.2, 0) is 4.74 Å². The maximum Gasteiger partial charge on any atom is 0.291 e. The number of hydrogen-bond donors (Lipinski definition) is 0. The van der Waals surface area contributed by atoms with Crippen molar-refractivity contribution in [3.63, 3.8) is 0 Å². The summed E-state index contributed by atoms with van der Waals surface area (Å²) in [6.07, 6.45) is 8.30. The summed E-state index contributed by atoms with van der Waals surface area (Å²) in [7, 11) is 1.48. The number of non-ortho nitro benzene ring substituents is 1. The molecule has 0 saturated carbocycles. The molecular weight excluding hydrogens is 514 g/mol. The van der Waals surface area contributed by atoms with E-state index in [1.807, 2.05) is 38.2 Å². The van der Waals surface area contributed by atoms with Gasteiger partial charge in [0.2, 0.25) is 0 Å². The topological polar surface area (TPSA) is 91.8 Å². The van der Waals surface area contributed by atoms with E-state index >= 15 is 0 Å². The smallest absolute Gasteiger partial charge is 0.291 e. The molecular formula is C27H28BrNO6. The normalized spacial score (nSPS) is 18.3. The summed E-state index contributed by atoms with van der Waals surface area (Å²) in [6, 6.07) is 6.44. The van der Waals surface area contributed by atoms with E-state index in [9.17, 15) is 14.9 Å². The Bertz CT molecular complexity index is 1300. The average molecular weight is 542 g/mol. The van der Waals surface area contributed by atoms with E-state index in [2.05, 4.69) is 15.9 Å². The molecule has 0 unspecified atom stereocenters. The summed E-state index contributed by atoms with van der Waals surface area (Å²) in [5.74, 6) is 0.722. The largest absolute Gasteiger partial charge is 0.468 e. The van der Waals surface area contributed by atoms with Gasteiger partial charge in [-0.3, -0.25) is 14.9 Å². The van der Waals surface area contributed by atoms with Gasteiger partial charge in [-0.2, -0.15) is 0 Å². The first-order chi connectivity index (χ1) is 16.6. The minimum Gasteiger partial charge on any atom is -0.468 e. The molecule has 1 aromatic carbocycles. The monoisotopic (exact) mass is 541 g/mol. The van der Waals surface area contributed by atoms with E-state index in [-0.39, 0.29) is 23.2 Å². The zero-order valence-corrected chi connectivity index (χ0v) is 22.0. The lowest BCUT2D eigenvalue weighted by atomic mass is 10.0. The number of benzene rings is 1. The van der Waals surface area contributed by atoms with Crippen molar-refractivity contribution in [2.24, 2.45) is 0 Å². The third-order valence-corrected chi connectivity index (χ3v) is 6.07. The lowest BCUT2D eigenvalue weighted by Gasteiger charge is -2.13.